The first-order valence-corrected chi connectivity index (χ1v) is 5.44. The van der Waals surface area contributed by atoms with Gasteiger partial charge in [-0.2, -0.15) is 0 Å². The summed E-state index contributed by atoms with van der Waals surface area (Å²) in [5.74, 6) is -0.552. The monoisotopic (exact) mass is 248 g/mol. The second kappa shape index (κ2) is 4.48. The number of para-hydroxylation sites is 1. The zero-order chi connectivity index (χ0) is 13.3. The smallest absolute Gasteiger partial charge is 0.296 e. The van der Waals surface area contributed by atoms with Crippen LogP contribution in [-0.4, -0.2) is 22.5 Å². The van der Waals surface area contributed by atoms with Gasteiger partial charge in [-0.3, -0.25) is 14.9 Å². The van der Waals surface area contributed by atoms with Crippen LogP contribution in [0.4, 0.5) is 11.4 Å². The normalized spacial score (nSPS) is 19.0. The van der Waals surface area contributed by atoms with E-state index in [0.29, 0.717) is 6.54 Å². The summed E-state index contributed by atoms with van der Waals surface area (Å²) in [7, 11) is 0. The molecule has 1 aromatic rings. The minimum absolute atomic E-state index is 0.0307. The number of hydrogen-bond acceptors (Lipinski definition) is 4. The van der Waals surface area contributed by atoms with Crippen LogP contribution in [0.25, 0.3) is 0 Å². The van der Waals surface area contributed by atoms with Crippen molar-refractivity contribution in [3.63, 3.8) is 0 Å². The largest absolute Gasteiger partial charge is 0.505 e. The highest BCUT2D eigenvalue weighted by molar-refractivity contribution is 5.99. The quantitative estimate of drug-likeness (QED) is 0.502. The summed E-state index contributed by atoms with van der Waals surface area (Å²) in [6.07, 6.45) is 1.90. The van der Waals surface area contributed by atoms with Crippen LogP contribution in [0.3, 0.4) is 0 Å². The van der Waals surface area contributed by atoms with Crippen LogP contribution in [-0.2, 0) is 4.79 Å². The third-order valence-corrected chi connectivity index (χ3v) is 2.95. The van der Waals surface area contributed by atoms with Crippen molar-refractivity contribution >= 4 is 17.3 Å². The number of amides is 1. The lowest BCUT2D eigenvalue weighted by atomic mass is 10.1. The number of phenolic OH excluding ortho intramolecular Hbond substituents is 1. The number of phenols is 1. The molecular formula is C12H12N2O4. The van der Waals surface area contributed by atoms with Crippen molar-refractivity contribution in [2.24, 2.45) is 5.92 Å². The van der Waals surface area contributed by atoms with Gasteiger partial charge in [0.25, 0.3) is 5.69 Å². The summed E-state index contributed by atoms with van der Waals surface area (Å²) >= 11 is 0. The van der Waals surface area contributed by atoms with Gasteiger partial charge in [0.2, 0.25) is 5.91 Å². The summed E-state index contributed by atoms with van der Waals surface area (Å²) in [5, 5.41) is 20.7. The number of nitro benzene ring substituents is 1. The Morgan fingerprint density at radius 3 is 2.83 bits per heavy atom. The van der Waals surface area contributed by atoms with E-state index in [-0.39, 0.29) is 35.4 Å². The van der Waals surface area contributed by atoms with Crippen LogP contribution >= 0.6 is 0 Å². The van der Waals surface area contributed by atoms with E-state index in [2.05, 4.69) is 6.58 Å². The third-order valence-electron chi connectivity index (χ3n) is 2.95. The fraction of sp³-hybridized carbons (Fsp3) is 0.250. The molecule has 94 valence electrons. The highest BCUT2D eigenvalue weighted by atomic mass is 16.6. The van der Waals surface area contributed by atoms with Gasteiger partial charge in [0.1, 0.15) is 5.75 Å². The van der Waals surface area contributed by atoms with Crippen molar-refractivity contribution < 1.29 is 14.8 Å². The second-order valence-corrected chi connectivity index (χ2v) is 4.11. The lowest BCUT2D eigenvalue weighted by molar-refractivity contribution is -0.384. The molecule has 1 unspecified atom stereocenters. The van der Waals surface area contributed by atoms with Crippen LogP contribution in [0.15, 0.2) is 30.9 Å². The van der Waals surface area contributed by atoms with Crippen molar-refractivity contribution in [2.45, 2.75) is 6.42 Å². The molecule has 1 aliphatic rings. The number of anilines is 1. The second-order valence-electron chi connectivity index (χ2n) is 4.11. The Morgan fingerprint density at radius 1 is 1.56 bits per heavy atom. The summed E-state index contributed by atoms with van der Waals surface area (Å²) in [6, 6.07) is 3.98. The molecular weight excluding hydrogens is 236 g/mol. The Balaban J connectivity index is 2.48. The van der Waals surface area contributed by atoms with Crippen LogP contribution < -0.4 is 4.90 Å². The summed E-state index contributed by atoms with van der Waals surface area (Å²) in [5.41, 5.74) is -0.301. The molecule has 1 saturated heterocycles. The van der Waals surface area contributed by atoms with E-state index in [1.807, 2.05) is 0 Å². The van der Waals surface area contributed by atoms with Gasteiger partial charge in [-0.25, -0.2) is 0 Å². The average molecular weight is 248 g/mol. The molecule has 6 nitrogen and oxygen atoms in total. The van der Waals surface area contributed by atoms with E-state index in [4.69, 9.17) is 0 Å². The zero-order valence-electron chi connectivity index (χ0n) is 9.57. The molecule has 0 bridgehead atoms. The molecule has 1 fully saturated rings. The molecule has 1 amide bonds. The number of nitro groups is 1. The number of benzene rings is 1. The maximum atomic E-state index is 11.8. The molecule has 1 heterocycles. The van der Waals surface area contributed by atoms with E-state index < -0.39 is 4.92 Å². The zero-order valence-corrected chi connectivity index (χ0v) is 9.57. The highest BCUT2D eigenvalue weighted by Crippen LogP contribution is 2.39. The summed E-state index contributed by atoms with van der Waals surface area (Å²) in [6.45, 7) is 3.92. The third kappa shape index (κ3) is 1.92. The van der Waals surface area contributed by atoms with E-state index in [1.165, 1.54) is 23.1 Å². The Bertz CT molecular complexity index is 527. The van der Waals surface area contributed by atoms with Crippen molar-refractivity contribution in [1.82, 2.24) is 0 Å². The minimum Gasteiger partial charge on any atom is -0.505 e. The maximum absolute atomic E-state index is 11.8. The standard InChI is InChI=1S/C12H12N2O4/c1-2-8-6-11(16)13(7-8)12-9(14(17)18)4-3-5-10(12)15/h2-5,8,15H,1,6-7H2. The molecule has 0 spiro atoms. The molecule has 18 heavy (non-hydrogen) atoms. The van der Waals surface area contributed by atoms with Crippen LogP contribution in [0, 0.1) is 16.0 Å². The number of carbonyl (C=O) groups is 1. The SMILES string of the molecule is C=CC1CC(=O)N(c2c(O)cccc2[N+](=O)[O-])C1. The molecule has 1 aliphatic heterocycles. The fourth-order valence-corrected chi connectivity index (χ4v) is 2.05. The molecule has 0 aromatic heterocycles. The average Bonchev–Trinajstić information content (AvgIpc) is 2.70. The van der Waals surface area contributed by atoms with Gasteiger partial charge in [0, 0.05) is 24.9 Å². The van der Waals surface area contributed by atoms with Crippen molar-refractivity contribution in [3.8, 4) is 5.75 Å². The predicted octanol–water partition coefficient (Wildman–Crippen LogP) is 1.84. The van der Waals surface area contributed by atoms with Gasteiger partial charge < -0.3 is 10.0 Å². The number of carbonyl (C=O) groups excluding carboxylic acids is 1. The first kappa shape index (κ1) is 12.1. The molecule has 0 saturated carbocycles. The minimum atomic E-state index is -0.608. The highest BCUT2D eigenvalue weighted by Gasteiger charge is 2.34. The van der Waals surface area contributed by atoms with Crippen LogP contribution in [0.1, 0.15) is 6.42 Å². The van der Waals surface area contributed by atoms with Gasteiger partial charge in [0.15, 0.2) is 5.69 Å². The fourth-order valence-electron chi connectivity index (χ4n) is 2.05. The van der Waals surface area contributed by atoms with Crippen molar-refractivity contribution in [3.05, 3.63) is 41.0 Å². The Hall–Kier alpha value is -2.37. The molecule has 0 aliphatic carbocycles. The predicted molar refractivity (Wildman–Crippen MR) is 65.4 cm³/mol. The van der Waals surface area contributed by atoms with Crippen LogP contribution in [0.5, 0.6) is 5.75 Å². The molecule has 0 radical (unpaired) electrons. The Morgan fingerprint density at radius 2 is 2.28 bits per heavy atom. The van der Waals surface area contributed by atoms with Gasteiger partial charge in [-0.15, -0.1) is 6.58 Å². The summed E-state index contributed by atoms with van der Waals surface area (Å²) in [4.78, 5) is 23.4. The van der Waals surface area contributed by atoms with Crippen molar-refractivity contribution in [1.29, 1.82) is 0 Å². The van der Waals surface area contributed by atoms with E-state index >= 15 is 0 Å². The number of aromatic hydroxyl groups is 1. The van der Waals surface area contributed by atoms with Crippen molar-refractivity contribution in [2.75, 3.05) is 11.4 Å². The van der Waals surface area contributed by atoms with Crippen LogP contribution in [0.2, 0.25) is 0 Å². The molecule has 6 heteroatoms. The van der Waals surface area contributed by atoms with Gasteiger partial charge in [-0.05, 0) is 6.07 Å². The Labute approximate surface area is 103 Å². The topological polar surface area (TPSA) is 83.7 Å². The Kier molecular flexibility index (Phi) is 3.01. The van der Waals surface area contributed by atoms with Gasteiger partial charge >= 0.3 is 0 Å². The number of hydrogen-bond donors (Lipinski definition) is 1. The van der Waals surface area contributed by atoms with Gasteiger partial charge in [0.05, 0.1) is 4.92 Å². The maximum Gasteiger partial charge on any atom is 0.296 e. The lowest BCUT2D eigenvalue weighted by Crippen LogP contribution is -2.25. The first-order chi connectivity index (χ1) is 8.54. The van der Waals surface area contributed by atoms with E-state index in [0.717, 1.165) is 0 Å². The molecule has 1 atom stereocenters. The summed E-state index contributed by atoms with van der Waals surface area (Å²) < 4.78 is 0. The number of nitrogens with zero attached hydrogens (tertiary/aromatic N) is 2. The molecule has 2 rings (SSSR count). The first-order valence-electron chi connectivity index (χ1n) is 5.44. The molecule has 1 N–H and O–H groups in total. The molecule has 1 aromatic carbocycles. The number of rotatable bonds is 3. The lowest BCUT2D eigenvalue weighted by Gasteiger charge is -2.17. The van der Waals surface area contributed by atoms with E-state index in [9.17, 15) is 20.0 Å². The van der Waals surface area contributed by atoms with E-state index in [1.54, 1.807) is 6.08 Å². The van der Waals surface area contributed by atoms with Gasteiger partial charge in [-0.1, -0.05) is 12.1 Å².